The van der Waals surface area contributed by atoms with Crippen molar-refractivity contribution in [1.82, 2.24) is 9.88 Å². The zero-order chi connectivity index (χ0) is 12.3. The Morgan fingerprint density at radius 2 is 2.12 bits per heavy atom. The molecule has 0 spiro atoms. The molecule has 0 amide bonds. The van der Waals surface area contributed by atoms with Gasteiger partial charge in [-0.3, -0.25) is 9.88 Å². The van der Waals surface area contributed by atoms with Crippen LogP contribution in [0, 0.1) is 0 Å². The Morgan fingerprint density at radius 3 is 2.65 bits per heavy atom. The highest BCUT2D eigenvalue weighted by Gasteiger charge is 2.27. The van der Waals surface area contributed by atoms with E-state index in [1.165, 1.54) is 0 Å². The number of sulfone groups is 1. The minimum atomic E-state index is -2.88. The molecule has 1 aromatic heterocycles. The minimum absolute atomic E-state index is 0.0221. The fourth-order valence-electron chi connectivity index (χ4n) is 2.04. The molecular weight excluding hydrogens is 240 g/mol. The van der Waals surface area contributed by atoms with Crippen molar-refractivity contribution in [3.63, 3.8) is 0 Å². The van der Waals surface area contributed by atoms with Gasteiger partial charge in [0.15, 0.2) is 9.84 Å². The molecular formula is C11H16N2O3S. The average Bonchev–Trinajstić information content (AvgIpc) is 2.33. The molecule has 2 heterocycles. The van der Waals surface area contributed by atoms with Crippen molar-refractivity contribution in [1.29, 1.82) is 0 Å². The topological polar surface area (TPSA) is 70.5 Å². The molecule has 1 aliphatic rings. The van der Waals surface area contributed by atoms with E-state index in [1.807, 2.05) is 17.0 Å². The molecule has 1 saturated heterocycles. The number of rotatable bonds is 3. The monoisotopic (exact) mass is 256 g/mol. The summed E-state index contributed by atoms with van der Waals surface area (Å²) in [5.74, 6) is 0.341. The summed E-state index contributed by atoms with van der Waals surface area (Å²) >= 11 is 0. The summed E-state index contributed by atoms with van der Waals surface area (Å²) < 4.78 is 22.7. The standard InChI is InChI=1S/C11H16N2O3S/c14-9-11(10-2-1-3-12-8-10)13-4-6-17(15,16)7-5-13/h1-3,8,11,14H,4-7,9H2. The van der Waals surface area contributed by atoms with Crippen LogP contribution in [0.4, 0.5) is 0 Å². The van der Waals surface area contributed by atoms with E-state index in [1.54, 1.807) is 12.4 Å². The number of nitrogens with zero attached hydrogens (tertiary/aromatic N) is 2. The number of aromatic nitrogens is 1. The van der Waals surface area contributed by atoms with Crippen molar-refractivity contribution < 1.29 is 13.5 Å². The van der Waals surface area contributed by atoms with Gasteiger partial charge in [-0.25, -0.2) is 8.42 Å². The fourth-order valence-corrected chi connectivity index (χ4v) is 3.27. The van der Waals surface area contributed by atoms with E-state index >= 15 is 0 Å². The first-order valence-corrected chi connectivity index (χ1v) is 7.40. The highest BCUT2D eigenvalue weighted by Crippen LogP contribution is 2.21. The van der Waals surface area contributed by atoms with Crippen LogP contribution in [0.5, 0.6) is 0 Å². The zero-order valence-electron chi connectivity index (χ0n) is 9.49. The number of hydrogen-bond donors (Lipinski definition) is 1. The molecule has 17 heavy (non-hydrogen) atoms. The van der Waals surface area contributed by atoms with Crippen LogP contribution >= 0.6 is 0 Å². The molecule has 0 aromatic carbocycles. The molecule has 1 aromatic rings. The van der Waals surface area contributed by atoms with Crippen molar-refractivity contribution >= 4 is 9.84 Å². The molecule has 1 unspecified atom stereocenters. The Balaban J connectivity index is 2.11. The predicted molar refractivity (Wildman–Crippen MR) is 64.3 cm³/mol. The van der Waals surface area contributed by atoms with Crippen LogP contribution in [0.2, 0.25) is 0 Å². The van der Waals surface area contributed by atoms with Gasteiger partial charge in [0.2, 0.25) is 0 Å². The van der Waals surface area contributed by atoms with Gasteiger partial charge in [0.1, 0.15) is 0 Å². The number of aliphatic hydroxyl groups excluding tert-OH is 1. The molecule has 0 saturated carbocycles. The van der Waals surface area contributed by atoms with Gasteiger partial charge in [-0.1, -0.05) is 6.07 Å². The largest absolute Gasteiger partial charge is 0.394 e. The van der Waals surface area contributed by atoms with E-state index in [9.17, 15) is 13.5 Å². The summed E-state index contributed by atoms with van der Waals surface area (Å²) in [7, 11) is -2.88. The summed E-state index contributed by atoms with van der Waals surface area (Å²) in [6.45, 7) is 0.927. The molecule has 2 rings (SSSR count). The Bertz CT molecular complexity index is 447. The molecule has 0 bridgehead atoms. The third-order valence-corrected chi connectivity index (χ3v) is 4.67. The molecule has 1 N–H and O–H groups in total. The van der Waals surface area contributed by atoms with Gasteiger partial charge in [-0.15, -0.1) is 0 Å². The van der Waals surface area contributed by atoms with E-state index in [0.29, 0.717) is 13.1 Å². The normalized spacial score (nSPS) is 22.2. The lowest BCUT2D eigenvalue weighted by atomic mass is 10.1. The fraction of sp³-hybridized carbons (Fsp3) is 0.545. The van der Waals surface area contributed by atoms with Crippen LogP contribution in [0.3, 0.4) is 0 Å². The second kappa shape index (κ2) is 5.12. The van der Waals surface area contributed by atoms with Gasteiger partial charge in [0.05, 0.1) is 24.2 Å². The summed E-state index contributed by atoms with van der Waals surface area (Å²) in [6, 6.07) is 3.56. The first-order chi connectivity index (χ1) is 8.12. The maximum absolute atomic E-state index is 11.3. The summed E-state index contributed by atoms with van der Waals surface area (Å²) in [5, 5.41) is 9.44. The van der Waals surface area contributed by atoms with Crippen molar-refractivity contribution in [2.75, 3.05) is 31.2 Å². The average molecular weight is 256 g/mol. The van der Waals surface area contributed by atoms with Crippen LogP contribution in [0.25, 0.3) is 0 Å². The number of aliphatic hydroxyl groups is 1. The molecule has 0 aliphatic carbocycles. The van der Waals surface area contributed by atoms with Crippen molar-refractivity contribution in [3.8, 4) is 0 Å². The van der Waals surface area contributed by atoms with Crippen molar-refractivity contribution in [2.45, 2.75) is 6.04 Å². The van der Waals surface area contributed by atoms with Gasteiger partial charge < -0.3 is 5.11 Å². The third-order valence-electron chi connectivity index (χ3n) is 3.06. The molecule has 94 valence electrons. The SMILES string of the molecule is O=S1(=O)CCN(C(CO)c2cccnc2)CC1. The third kappa shape index (κ3) is 3.02. The van der Waals surface area contributed by atoms with E-state index in [4.69, 9.17) is 0 Å². The first kappa shape index (κ1) is 12.5. The van der Waals surface area contributed by atoms with Crippen LogP contribution in [-0.2, 0) is 9.84 Å². The van der Waals surface area contributed by atoms with E-state index in [2.05, 4.69) is 4.98 Å². The van der Waals surface area contributed by atoms with Crippen LogP contribution in [0.15, 0.2) is 24.5 Å². The maximum atomic E-state index is 11.3. The number of pyridine rings is 1. The second-order valence-electron chi connectivity index (χ2n) is 4.17. The van der Waals surface area contributed by atoms with Gasteiger partial charge in [-0.05, 0) is 11.6 Å². The Kier molecular flexibility index (Phi) is 3.76. The summed E-state index contributed by atoms with van der Waals surface area (Å²) in [5.41, 5.74) is 0.925. The maximum Gasteiger partial charge on any atom is 0.152 e. The second-order valence-corrected chi connectivity index (χ2v) is 6.48. The Labute approximate surface area is 101 Å². The van der Waals surface area contributed by atoms with Crippen LogP contribution in [-0.4, -0.2) is 54.6 Å². The number of hydrogen-bond acceptors (Lipinski definition) is 5. The predicted octanol–water partition coefficient (Wildman–Crippen LogP) is -0.155. The van der Waals surface area contributed by atoms with Crippen LogP contribution in [0.1, 0.15) is 11.6 Å². The minimum Gasteiger partial charge on any atom is -0.394 e. The molecule has 5 nitrogen and oxygen atoms in total. The quantitative estimate of drug-likeness (QED) is 0.814. The first-order valence-electron chi connectivity index (χ1n) is 5.57. The van der Waals surface area contributed by atoms with Crippen LogP contribution < -0.4 is 0 Å². The highest BCUT2D eigenvalue weighted by atomic mass is 32.2. The lowest BCUT2D eigenvalue weighted by molar-refractivity contribution is 0.131. The van der Waals surface area contributed by atoms with E-state index < -0.39 is 9.84 Å². The molecule has 1 fully saturated rings. The van der Waals surface area contributed by atoms with E-state index in [0.717, 1.165) is 5.56 Å². The van der Waals surface area contributed by atoms with E-state index in [-0.39, 0.29) is 24.2 Å². The van der Waals surface area contributed by atoms with Crippen molar-refractivity contribution in [2.24, 2.45) is 0 Å². The van der Waals surface area contributed by atoms with Gasteiger partial charge >= 0.3 is 0 Å². The summed E-state index contributed by atoms with van der Waals surface area (Å²) in [4.78, 5) is 6.02. The zero-order valence-corrected chi connectivity index (χ0v) is 10.3. The lowest BCUT2D eigenvalue weighted by Crippen LogP contribution is -2.43. The molecule has 0 radical (unpaired) electrons. The molecule has 1 aliphatic heterocycles. The highest BCUT2D eigenvalue weighted by molar-refractivity contribution is 7.91. The smallest absolute Gasteiger partial charge is 0.152 e. The molecule has 6 heteroatoms. The molecule has 1 atom stereocenters. The Hall–Kier alpha value is -0.980. The summed E-state index contributed by atoms with van der Waals surface area (Å²) in [6.07, 6.45) is 3.39. The van der Waals surface area contributed by atoms with Gasteiger partial charge in [-0.2, -0.15) is 0 Å². The van der Waals surface area contributed by atoms with Gasteiger partial charge in [0.25, 0.3) is 0 Å². The van der Waals surface area contributed by atoms with Crippen molar-refractivity contribution in [3.05, 3.63) is 30.1 Å². The van der Waals surface area contributed by atoms with Gasteiger partial charge in [0, 0.05) is 25.5 Å². The Morgan fingerprint density at radius 1 is 1.41 bits per heavy atom. The lowest BCUT2D eigenvalue weighted by Gasteiger charge is -2.33.